The zero-order valence-electron chi connectivity index (χ0n) is 15.7. The van der Waals surface area contributed by atoms with Crippen molar-refractivity contribution in [1.82, 2.24) is 9.80 Å². The number of nitrogens with zero attached hydrogens (tertiary/aromatic N) is 2. The Morgan fingerprint density at radius 2 is 1.88 bits per heavy atom. The van der Waals surface area contributed by atoms with Crippen LogP contribution in [-0.2, 0) is 9.53 Å². The Balaban J connectivity index is 2.03. The molecule has 2 N–H and O–H groups in total. The second kappa shape index (κ2) is 7.30. The Kier molecular flexibility index (Phi) is 5.78. The summed E-state index contributed by atoms with van der Waals surface area (Å²) < 4.78 is 5.55. The molecule has 0 bridgehead atoms. The lowest BCUT2D eigenvalue weighted by Gasteiger charge is -2.34. The van der Waals surface area contributed by atoms with Crippen LogP contribution in [0.2, 0.25) is 0 Å². The fraction of sp³-hybridized carbons (Fsp3) is 0.889. The van der Waals surface area contributed by atoms with E-state index in [-0.39, 0.29) is 30.0 Å². The van der Waals surface area contributed by atoms with Gasteiger partial charge in [-0.2, -0.15) is 0 Å². The molecule has 0 radical (unpaired) electrons. The van der Waals surface area contributed by atoms with E-state index >= 15 is 0 Å². The van der Waals surface area contributed by atoms with Crippen LogP contribution in [0.3, 0.4) is 0 Å². The van der Waals surface area contributed by atoms with Gasteiger partial charge in [-0.3, -0.25) is 4.79 Å². The molecule has 0 unspecified atom stereocenters. The molecule has 0 spiro atoms. The van der Waals surface area contributed by atoms with E-state index in [1.165, 1.54) is 0 Å². The van der Waals surface area contributed by atoms with Crippen LogP contribution in [0.15, 0.2) is 0 Å². The fourth-order valence-electron chi connectivity index (χ4n) is 3.10. The van der Waals surface area contributed by atoms with E-state index in [1.54, 1.807) is 0 Å². The van der Waals surface area contributed by atoms with E-state index in [2.05, 4.69) is 0 Å². The summed E-state index contributed by atoms with van der Waals surface area (Å²) in [5.41, 5.74) is 5.55. The lowest BCUT2D eigenvalue weighted by atomic mass is 10.0. The van der Waals surface area contributed by atoms with Gasteiger partial charge in [0.25, 0.3) is 0 Å². The molecule has 1 heterocycles. The quantitative estimate of drug-likeness (QED) is 0.834. The summed E-state index contributed by atoms with van der Waals surface area (Å²) in [6.45, 7) is 10.8. The molecule has 1 saturated carbocycles. The summed E-state index contributed by atoms with van der Waals surface area (Å²) in [5, 5.41) is 0. The van der Waals surface area contributed by atoms with Crippen LogP contribution < -0.4 is 5.73 Å². The van der Waals surface area contributed by atoms with Gasteiger partial charge >= 0.3 is 6.09 Å². The molecular formula is C18H33N3O3. The average molecular weight is 339 g/mol. The monoisotopic (exact) mass is 339 g/mol. The third-order valence-electron chi connectivity index (χ3n) is 4.69. The molecule has 2 atom stereocenters. The Labute approximate surface area is 145 Å². The number of hydrogen-bond donors (Lipinski definition) is 1. The van der Waals surface area contributed by atoms with Gasteiger partial charge in [-0.25, -0.2) is 4.79 Å². The first-order valence-corrected chi connectivity index (χ1v) is 9.16. The highest BCUT2D eigenvalue weighted by Crippen LogP contribution is 2.31. The van der Waals surface area contributed by atoms with Crippen molar-refractivity contribution in [2.75, 3.05) is 13.1 Å². The van der Waals surface area contributed by atoms with Crippen LogP contribution in [0.25, 0.3) is 0 Å². The van der Waals surface area contributed by atoms with Gasteiger partial charge in [0.1, 0.15) is 5.60 Å². The maximum Gasteiger partial charge on any atom is 0.410 e. The topological polar surface area (TPSA) is 75.9 Å². The minimum Gasteiger partial charge on any atom is -0.444 e. The lowest BCUT2D eigenvalue weighted by Crippen LogP contribution is -2.52. The van der Waals surface area contributed by atoms with Crippen molar-refractivity contribution in [2.24, 2.45) is 11.7 Å². The number of carbonyl (C=O) groups excluding carboxylic acids is 2. The van der Waals surface area contributed by atoms with Crippen molar-refractivity contribution in [3.8, 4) is 0 Å². The van der Waals surface area contributed by atoms with Gasteiger partial charge in [-0.15, -0.1) is 0 Å². The molecule has 24 heavy (non-hydrogen) atoms. The van der Waals surface area contributed by atoms with Crippen LogP contribution in [0.4, 0.5) is 4.79 Å². The van der Waals surface area contributed by atoms with Crippen molar-refractivity contribution >= 4 is 12.0 Å². The van der Waals surface area contributed by atoms with Gasteiger partial charge in [-0.1, -0.05) is 13.8 Å². The molecule has 6 heteroatoms. The molecule has 1 aliphatic heterocycles. The average Bonchev–Trinajstić information content (AvgIpc) is 3.19. The van der Waals surface area contributed by atoms with Crippen molar-refractivity contribution in [3.05, 3.63) is 0 Å². The predicted molar refractivity (Wildman–Crippen MR) is 93.5 cm³/mol. The predicted octanol–water partition coefficient (Wildman–Crippen LogP) is 2.36. The second-order valence-corrected chi connectivity index (χ2v) is 8.46. The van der Waals surface area contributed by atoms with E-state index in [4.69, 9.17) is 10.5 Å². The van der Waals surface area contributed by atoms with Gasteiger partial charge in [0.15, 0.2) is 0 Å². The Hall–Kier alpha value is -1.30. The third-order valence-corrected chi connectivity index (χ3v) is 4.69. The molecular weight excluding hydrogens is 306 g/mol. The molecule has 2 rings (SSSR count). The zero-order chi connectivity index (χ0) is 18.1. The number of ether oxygens (including phenoxy) is 1. The number of amides is 2. The van der Waals surface area contributed by atoms with E-state index in [9.17, 15) is 9.59 Å². The maximum absolute atomic E-state index is 12.6. The van der Waals surface area contributed by atoms with Crippen molar-refractivity contribution in [2.45, 2.75) is 84.0 Å². The van der Waals surface area contributed by atoms with Crippen LogP contribution in [0.5, 0.6) is 0 Å². The summed E-state index contributed by atoms with van der Waals surface area (Å²) in [6, 6.07) is -0.159. The molecule has 2 aliphatic rings. The van der Waals surface area contributed by atoms with Crippen LogP contribution in [0, 0.1) is 5.92 Å². The van der Waals surface area contributed by atoms with Crippen molar-refractivity contribution < 1.29 is 14.3 Å². The summed E-state index contributed by atoms with van der Waals surface area (Å²) in [4.78, 5) is 28.9. The van der Waals surface area contributed by atoms with Crippen LogP contribution >= 0.6 is 0 Å². The van der Waals surface area contributed by atoms with E-state index in [0.29, 0.717) is 6.54 Å². The number of nitrogens with two attached hydrogens (primary N) is 1. The van der Waals surface area contributed by atoms with E-state index in [1.807, 2.05) is 44.4 Å². The molecule has 2 amide bonds. The highest BCUT2D eigenvalue weighted by Gasteiger charge is 2.40. The first-order chi connectivity index (χ1) is 11.1. The lowest BCUT2D eigenvalue weighted by molar-refractivity contribution is -0.134. The number of carbonyl (C=O) groups is 2. The van der Waals surface area contributed by atoms with Gasteiger partial charge in [0.2, 0.25) is 5.91 Å². The molecule has 2 fully saturated rings. The molecule has 0 aromatic rings. The number of rotatable bonds is 5. The summed E-state index contributed by atoms with van der Waals surface area (Å²) in [6.07, 6.45) is 3.66. The summed E-state index contributed by atoms with van der Waals surface area (Å²) >= 11 is 0. The Morgan fingerprint density at radius 3 is 2.38 bits per heavy atom. The minimum atomic E-state index is -0.505. The number of hydrogen-bond acceptors (Lipinski definition) is 4. The first-order valence-electron chi connectivity index (χ1n) is 9.16. The zero-order valence-corrected chi connectivity index (χ0v) is 15.7. The maximum atomic E-state index is 12.6. The molecule has 6 nitrogen and oxygen atoms in total. The molecule has 1 saturated heterocycles. The highest BCUT2D eigenvalue weighted by atomic mass is 16.6. The van der Waals surface area contributed by atoms with E-state index < -0.39 is 11.6 Å². The molecule has 138 valence electrons. The molecule has 1 aliphatic carbocycles. The van der Waals surface area contributed by atoms with Gasteiger partial charge in [-0.05, 0) is 52.4 Å². The van der Waals surface area contributed by atoms with Crippen molar-refractivity contribution in [1.29, 1.82) is 0 Å². The first kappa shape index (κ1) is 19.0. The fourth-order valence-corrected chi connectivity index (χ4v) is 3.10. The molecule has 0 aromatic heterocycles. The van der Waals surface area contributed by atoms with Gasteiger partial charge in [0.05, 0.1) is 6.04 Å². The standard InChI is InChI=1S/C18H33N3O3/c1-12(2)15(19)16(22)20-10-6-7-14(20)11-21(13-8-9-13)17(23)24-18(3,4)5/h12-15H,6-11,19H2,1-5H3/t14-,15+/m1/s1. The Bertz CT molecular complexity index is 469. The van der Waals surface area contributed by atoms with Crippen LogP contribution in [-0.4, -0.2) is 58.6 Å². The third kappa shape index (κ3) is 4.85. The van der Waals surface area contributed by atoms with E-state index in [0.717, 1.165) is 32.2 Å². The summed E-state index contributed by atoms with van der Waals surface area (Å²) in [7, 11) is 0. The minimum absolute atomic E-state index is 0.00688. The van der Waals surface area contributed by atoms with Gasteiger partial charge < -0.3 is 20.3 Å². The smallest absolute Gasteiger partial charge is 0.410 e. The van der Waals surface area contributed by atoms with Crippen LogP contribution in [0.1, 0.15) is 60.3 Å². The SMILES string of the molecule is CC(C)[C@H](N)C(=O)N1CCC[C@@H]1CN(C(=O)OC(C)(C)C)C1CC1. The molecule has 0 aromatic carbocycles. The summed E-state index contributed by atoms with van der Waals surface area (Å²) in [5.74, 6) is 0.122. The van der Waals surface area contributed by atoms with Gasteiger partial charge in [0, 0.05) is 25.2 Å². The van der Waals surface area contributed by atoms with Crippen molar-refractivity contribution in [3.63, 3.8) is 0 Å². The normalized spacial score (nSPS) is 22.6. The Morgan fingerprint density at radius 1 is 1.25 bits per heavy atom. The number of likely N-dealkylation sites (tertiary alicyclic amines) is 1. The largest absolute Gasteiger partial charge is 0.444 e. The highest BCUT2D eigenvalue weighted by molar-refractivity contribution is 5.82. The second-order valence-electron chi connectivity index (χ2n) is 8.46.